The van der Waals surface area contributed by atoms with Crippen LogP contribution in [0.25, 0.3) is 0 Å². The molecule has 0 bridgehead atoms. The van der Waals surface area contributed by atoms with Crippen LogP contribution >= 0.6 is 0 Å². The van der Waals surface area contributed by atoms with E-state index in [1.807, 2.05) is 0 Å². The summed E-state index contributed by atoms with van der Waals surface area (Å²) in [6.45, 7) is 0.484. The first-order valence-electron chi connectivity index (χ1n) is 6.67. The molecule has 1 rings (SSSR count). The first-order chi connectivity index (χ1) is 8.18. The summed E-state index contributed by atoms with van der Waals surface area (Å²) in [5.74, 6) is -0.178. The van der Waals surface area contributed by atoms with Crippen molar-refractivity contribution in [3.05, 3.63) is 0 Å². The van der Waals surface area contributed by atoms with Crippen molar-refractivity contribution in [1.29, 1.82) is 0 Å². The lowest BCUT2D eigenvalue weighted by atomic mass is 9.96. The molecule has 0 atom stereocenters. The highest BCUT2D eigenvalue weighted by Gasteiger charge is 2.15. The minimum Gasteiger partial charge on any atom is -0.481 e. The van der Waals surface area contributed by atoms with Gasteiger partial charge in [0, 0.05) is 19.4 Å². The molecule has 4 nitrogen and oxygen atoms in total. The molecule has 0 radical (unpaired) electrons. The molecule has 1 saturated carbocycles. The number of aliphatic carboxylic acids is 1. The number of carboxylic acids is 1. The van der Waals surface area contributed by atoms with E-state index >= 15 is 0 Å². The predicted octanol–water partition coefficient (Wildman–Crippen LogP) is 2.33. The van der Waals surface area contributed by atoms with Gasteiger partial charge in [-0.25, -0.2) is 0 Å². The fourth-order valence-electron chi connectivity index (χ4n) is 2.37. The van der Waals surface area contributed by atoms with Crippen molar-refractivity contribution in [3.8, 4) is 0 Å². The van der Waals surface area contributed by atoms with Gasteiger partial charge in [0.25, 0.3) is 0 Å². The van der Waals surface area contributed by atoms with E-state index in [1.54, 1.807) is 0 Å². The van der Waals surface area contributed by atoms with Gasteiger partial charge >= 0.3 is 5.97 Å². The van der Waals surface area contributed by atoms with Crippen molar-refractivity contribution < 1.29 is 14.7 Å². The third-order valence-electron chi connectivity index (χ3n) is 3.34. The van der Waals surface area contributed by atoms with E-state index in [2.05, 4.69) is 5.32 Å². The number of rotatable bonds is 6. The second kappa shape index (κ2) is 8.09. The van der Waals surface area contributed by atoms with Gasteiger partial charge in [0.1, 0.15) is 0 Å². The largest absolute Gasteiger partial charge is 0.481 e. The van der Waals surface area contributed by atoms with Crippen LogP contribution in [0.5, 0.6) is 0 Å². The minimum atomic E-state index is -0.803. The maximum Gasteiger partial charge on any atom is 0.303 e. The quantitative estimate of drug-likeness (QED) is 0.554. The Kier molecular flexibility index (Phi) is 6.67. The molecule has 1 amide bonds. The zero-order valence-electron chi connectivity index (χ0n) is 10.4. The first-order valence-corrected chi connectivity index (χ1v) is 6.67. The Morgan fingerprint density at radius 2 is 1.76 bits per heavy atom. The Bertz CT molecular complexity index is 245. The van der Waals surface area contributed by atoms with E-state index in [-0.39, 0.29) is 12.3 Å². The van der Waals surface area contributed by atoms with Crippen molar-refractivity contribution in [3.63, 3.8) is 0 Å². The average molecular weight is 241 g/mol. The van der Waals surface area contributed by atoms with Gasteiger partial charge in [-0.1, -0.05) is 25.7 Å². The Labute approximate surface area is 103 Å². The van der Waals surface area contributed by atoms with E-state index in [0.29, 0.717) is 25.3 Å². The Morgan fingerprint density at radius 1 is 1.12 bits per heavy atom. The normalized spacial score (nSPS) is 17.4. The minimum absolute atomic E-state index is 0.0855. The summed E-state index contributed by atoms with van der Waals surface area (Å²) in [7, 11) is 0. The summed E-state index contributed by atoms with van der Waals surface area (Å²) in [5.41, 5.74) is 0. The van der Waals surface area contributed by atoms with E-state index in [9.17, 15) is 9.59 Å². The summed E-state index contributed by atoms with van der Waals surface area (Å²) < 4.78 is 0. The number of nitrogens with one attached hydrogen (secondary N) is 1. The summed E-state index contributed by atoms with van der Waals surface area (Å²) in [5, 5.41) is 11.3. The third kappa shape index (κ3) is 6.97. The summed E-state index contributed by atoms with van der Waals surface area (Å²) in [6.07, 6.45) is 8.70. The van der Waals surface area contributed by atoms with Crippen molar-refractivity contribution in [1.82, 2.24) is 5.32 Å². The highest BCUT2D eigenvalue weighted by Crippen LogP contribution is 2.25. The molecular weight excluding hydrogens is 218 g/mol. The molecule has 0 aliphatic heterocycles. The zero-order chi connectivity index (χ0) is 12.5. The van der Waals surface area contributed by atoms with Gasteiger partial charge in [0.15, 0.2) is 0 Å². The van der Waals surface area contributed by atoms with E-state index in [4.69, 9.17) is 5.11 Å². The molecule has 0 aromatic heterocycles. The number of amides is 1. The molecule has 1 aliphatic rings. The highest BCUT2D eigenvalue weighted by molar-refractivity contribution is 5.76. The molecule has 0 saturated heterocycles. The molecule has 1 aliphatic carbocycles. The van der Waals surface area contributed by atoms with E-state index in [0.717, 1.165) is 0 Å². The molecule has 0 heterocycles. The summed E-state index contributed by atoms with van der Waals surface area (Å²) >= 11 is 0. The van der Waals surface area contributed by atoms with Crippen LogP contribution in [-0.4, -0.2) is 23.5 Å². The van der Waals surface area contributed by atoms with Crippen LogP contribution in [0, 0.1) is 5.92 Å². The molecule has 4 heteroatoms. The maximum atomic E-state index is 11.6. The lowest BCUT2D eigenvalue weighted by Crippen LogP contribution is -2.26. The topological polar surface area (TPSA) is 66.4 Å². The molecule has 98 valence electrons. The van der Waals surface area contributed by atoms with Gasteiger partial charge in [0.2, 0.25) is 5.91 Å². The van der Waals surface area contributed by atoms with E-state index < -0.39 is 5.97 Å². The van der Waals surface area contributed by atoms with Crippen LogP contribution in [0.2, 0.25) is 0 Å². The number of hydrogen-bond donors (Lipinski definition) is 2. The third-order valence-corrected chi connectivity index (χ3v) is 3.34. The highest BCUT2D eigenvalue weighted by atomic mass is 16.4. The van der Waals surface area contributed by atoms with Crippen LogP contribution in [0.15, 0.2) is 0 Å². The van der Waals surface area contributed by atoms with Gasteiger partial charge in [0.05, 0.1) is 0 Å². The summed E-state index contributed by atoms with van der Waals surface area (Å²) in [6, 6.07) is 0. The van der Waals surface area contributed by atoms with Gasteiger partial charge in [-0.3, -0.25) is 9.59 Å². The molecule has 2 N–H and O–H groups in total. The summed E-state index contributed by atoms with van der Waals surface area (Å²) in [4.78, 5) is 21.9. The first kappa shape index (κ1) is 14.0. The zero-order valence-corrected chi connectivity index (χ0v) is 10.4. The molecule has 17 heavy (non-hydrogen) atoms. The van der Waals surface area contributed by atoms with Gasteiger partial charge < -0.3 is 10.4 Å². The number of hydrogen-bond acceptors (Lipinski definition) is 2. The second-order valence-electron chi connectivity index (χ2n) is 4.91. The molecule has 0 spiro atoms. The predicted molar refractivity (Wildman–Crippen MR) is 65.7 cm³/mol. The Balaban J connectivity index is 2.08. The van der Waals surface area contributed by atoms with Gasteiger partial charge in [-0.15, -0.1) is 0 Å². The monoisotopic (exact) mass is 241 g/mol. The molecular formula is C13H23NO3. The fourth-order valence-corrected chi connectivity index (χ4v) is 2.37. The molecule has 0 aromatic rings. The molecule has 1 fully saturated rings. The lowest BCUT2D eigenvalue weighted by Gasteiger charge is -2.13. The average Bonchev–Trinajstić information content (AvgIpc) is 2.53. The van der Waals surface area contributed by atoms with Gasteiger partial charge in [-0.2, -0.15) is 0 Å². The van der Waals surface area contributed by atoms with Crippen molar-refractivity contribution in [2.75, 3.05) is 6.54 Å². The van der Waals surface area contributed by atoms with Crippen LogP contribution in [-0.2, 0) is 9.59 Å². The lowest BCUT2D eigenvalue weighted by molar-refractivity contribution is -0.137. The Morgan fingerprint density at radius 3 is 2.35 bits per heavy atom. The van der Waals surface area contributed by atoms with Crippen LogP contribution in [0.4, 0.5) is 0 Å². The number of carboxylic acid groups (broad SMARTS) is 1. The molecule has 0 unspecified atom stereocenters. The smallest absolute Gasteiger partial charge is 0.303 e. The fraction of sp³-hybridized carbons (Fsp3) is 0.846. The molecule has 0 aromatic carbocycles. The Hall–Kier alpha value is -1.06. The second-order valence-corrected chi connectivity index (χ2v) is 4.91. The van der Waals surface area contributed by atoms with Crippen molar-refractivity contribution in [2.24, 2.45) is 5.92 Å². The maximum absolute atomic E-state index is 11.6. The van der Waals surface area contributed by atoms with E-state index in [1.165, 1.54) is 38.5 Å². The van der Waals surface area contributed by atoms with Gasteiger partial charge in [-0.05, 0) is 25.2 Å². The van der Waals surface area contributed by atoms with Crippen molar-refractivity contribution >= 4 is 11.9 Å². The van der Waals surface area contributed by atoms with Crippen LogP contribution in [0.3, 0.4) is 0 Å². The number of carbonyl (C=O) groups excluding carboxylic acids is 1. The number of carbonyl (C=O) groups is 2. The van der Waals surface area contributed by atoms with Crippen molar-refractivity contribution in [2.45, 2.75) is 57.8 Å². The van der Waals surface area contributed by atoms with Crippen LogP contribution in [0.1, 0.15) is 57.8 Å². The standard InChI is InChI=1S/C13H23NO3/c15-12(14-9-5-8-13(16)17)10-11-6-3-1-2-4-7-11/h11H,1-10H2,(H,14,15)(H,16,17). The van der Waals surface area contributed by atoms with Crippen LogP contribution < -0.4 is 5.32 Å². The SMILES string of the molecule is O=C(O)CCCNC(=O)CC1CCCCCC1.